The van der Waals surface area contributed by atoms with Crippen molar-refractivity contribution >= 4 is 39.5 Å². The molecule has 0 spiro atoms. The average molecular weight is 1450 g/mol. The fourth-order valence-corrected chi connectivity index (χ4v) is 14.0. The number of unbranched alkanes of at least 4 members (excludes halogenated alkanes) is 51. The first-order valence-electron chi connectivity index (χ1n) is 41.7. The van der Waals surface area contributed by atoms with Gasteiger partial charge in [-0.3, -0.25) is 37.3 Å². The number of hydrogen-bond acceptors (Lipinski definition) is 15. The van der Waals surface area contributed by atoms with Crippen LogP contribution in [0.25, 0.3) is 0 Å². The standard InChI is InChI=1S/C80H156O17P2/c1-6-10-13-16-19-22-24-26-28-30-32-33-35-37-39-41-43-46-49-55-60-65-79(84)96-75(69-91-78(83)64-59-54-48-45-42-40-38-36-34-31-29-27-25-23-20-17-14-11-7-2)71-94-98(86,87)92-67-74(81)68-93-99(88,89)95-72-76(70-90-77(82)63-58-53-47-44-21-18-15-12-8-3)97-80(85)66-61-56-51-50-52-57-62-73(5)9-4/h73-76,81H,6-72H2,1-5H3,(H,86,87)(H,88,89)/t73?,74-,75-,76-/m1/s1. The normalized spacial score (nSPS) is 14.1. The highest BCUT2D eigenvalue weighted by Crippen LogP contribution is 2.45. The van der Waals surface area contributed by atoms with Crippen LogP contribution in [0.4, 0.5) is 0 Å². The molecule has 0 aliphatic rings. The summed E-state index contributed by atoms with van der Waals surface area (Å²) >= 11 is 0. The number of hydrogen-bond donors (Lipinski definition) is 3. The van der Waals surface area contributed by atoms with Gasteiger partial charge in [0.1, 0.15) is 19.3 Å². The summed E-state index contributed by atoms with van der Waals surface area (Å²) in [5.74, 6) is -1.39. The number of rotatable bonds is 80. The molecule has 0 rings (SSSR count). The first-order valence-corrected chi connectivity index (χ1v) is 44.7. The molecule has 0 aliphatic carbocycles. The average Bonchev–Trinajstić information content (AvgIpc) is 1.12. The van der Waals surface area contributed by atoms with Gasteiger partial charge >= 0.3 is 39.5 Å². The maximum absolute atomic E-state index is 13.1. The lowest BCUT2D eigenvalue weighted by atomic mass is 10.00. The quantitative estimate of drug-likeness (QED) is 0.0222. The van der Waals surface area contributed by atoms with Gasteiger partial charge in [0.25, 0.3) is 0 Å². The van der Waals surface area contributed by atoms with Crippen LogP contribution >= 0.6 is 15.6 Å². The van der Waals surface area contributed by atoms with Gasteiger partial charge in [0.2, 0.25) is 0 Å². The second-order valence-corrected chi connectivity index (χ2v) is 32.0. The van der Waals surface area contributed by atoms with Crippen LogP contribution in [0.1, 0.15) is 426 Å². The fourth-order valence-electron chi connectivity index (χ4n) is 12.4. The van der Waals surface area contributed by atoms with E-state index >= 15 is 0 Å². The fraction of sp³-hybridized carbons (Fsp3) is 0.950. The monoisotopic (exact) mass is 1450 g/mol. The summed E-state index contributed by atoms with van der Waals surface area (Å²) in [6.07, 6.45) is 64.1. The molecule has 3 unspecified atom stereocenters. The zero-order chi connectivity index (χ0) is 72.7. The summed E-state index contributed by atoms with van der Waals surface area (Å²) in [4.78, 5) is 72.8. The lowest BCUT2D eigenvalue weighted by Gasteiger charge is -2.21. The molecule has 3 N–H and O–H groups in total. The van der Waals surface area contributed by atoms with Gasteiger partial charge in [0.15, 0.2) is 12.2 Å². The van der Waals surface area contributed by atoms with E-state index in [4.69, 9.17) is 37.0 Å². The van der Waals surface area contributed by atoms with Gasteiger partial charge in [0.05, 0.1) is 26.4 Å². The Hall–Kier alpha value is -1.94. The number of phosphoric ester groups is 2. The molecule has 0 amide bonds. The van der Waals surface area contributed by atoms with Crippen molar-refractivity contribution in [2.24, 2.45) is 5.92 Å². The number of carbonyl (C=O) groups excluding carboxylic acids is 4. The topological polar surface area (TPSA) is 237 Å². The molecule has 0 radical (unpaired) electrons. The van der Waals surface area contributed by atoms with E-state index in [1.54, 1.807) is 0 Å². The molecule has 17 nitrogen and oxygen atoms in total. The van der Waals surface area contributed by atoms with Crippen molar-refractivity contribution in [3.8, 4) is 0 Å². The molecule has 6 atom stereocenters. The third kappa shape index (κ3) is 72.8. The van der Waals surface area contributed by atoms with Crippen molar-refractivity contribution in [2.75, 3.05) is 39.6 Å². The second kappa shape index (κ2) is 73.0. The minimum atomic E-state index is -4.96. The Morgan fingerprint density at radius 1 is 0.283 bits per heavy atom. The summed E-state index contributed by atoms with van der Waals surface area (Å²) in [6, 6.07) is 0. The van der Waals surface area contributed by atoms with Crippen molar-refractivity contribution in [3.63, 3.8) is 0 Å². The maximum Gasteiger partial charge on any atom is 0.472 e. The number of carbonyl (C=O) groups is 4. The van der Waals surface area contributed by atoms with Crippen molar-refractivity contribution in [1.82, 2.24) is 0 Å². The van der Waals surface area contributed by atoms with E-state index in [0.717, 1.165) is 95.8 Å². The summed E-state index contributed by atoms with van der Waals surface area (Å²) in [6.45, 7) is 7.25. The minimum absolute atomic E-state index is 0.103. The Morgan fingerprint density at radius 3 is 0.717 bits per heavy atom. The van der Waals surface area contributed by atoms with Crippen molar-refractivity contribution in [3.05, 3.63) is 0 Å². The number of phosphoric acid groups is 2. The van der Waals surface area contributed by atoms with E-state index < -0.39 is 97.5 Å². The number of esters is 4. The molecular weight excluding hydrogens is 1290 g/mol. The molecular formula is C80H156O17P2. The van der Waals surface area contributed by atoms with Crippen LogP contribution in [0.3, 0.4) is 0 Å². The predicted molar refractivity (Wildman–Crippen MR) is 405 cm³/mol. The molecule has 99 heavy (non-hydrogen) atoms. The van der Waals surface area contributed by atoms with Crippen LogP contribution in [-0.4, -0.2) is 96.7 Å². The van der Waals surface area contributed by atoms with Crippen LogP contribution in [-0.2, 0) is 65.4 Å². The molecule has 0 aromatic carbocycles. The van der Waals surface area contributed by atoms with Crippen molar-refractivity contribution < 1.29 is 80.2 Å². The van der Waals surface area contributed by atoms with Gasteiger partial charge < -0.3 is 33.8 Å². The highest BCUT2D eigenvalue weighted by Gasteiger charge is 2.30. The number of ether oxygens (including phenoxy) is 4. The first kappa shape index (κ1) is 97.1. The van der Waals surface area contributed by atoms with Gasteiger partial charge in [-0.15, -0.1) is 0 Å². The molecule has 0 saturated carbocycles. The van der Waals surface area contributed by atoms with E-state index in [1.165, 1.54) is 250 Å². The number of aliphatic hydroxyl groups is 1. The molecule has 0 fully saturated rings. The van der Waals surface area contributed by atoms with Gasteiger partial charge in [-0.25, -0.2) is 9.13 Å². The molecule has 0 bridgehead atoms. The smallest absolute Gasteiger partial charge is 0.462 e. The van der Waals surface area contributed by atoms with Crippen LogP contribution < -0.4 is 0 Å². The summed E-state index contributed by atoms with van der Waals surface area (Å²) < 4.78 is 68.6. The van der Waals surface area contributed by atoms with Crippen molar-refractivity contribution in [2.45, 2.75) is 445 Å². The predicted octanol–water partition coefficient (Wildman–Crippen LogP) is 24.0. The molecule has 588 valence electrons. The summed E-state index contributed by atoms with van der Waals surface area (Å²) in [5.41, 5.74) is 0. The second-order valence-electron chi connectivity index (χ2n) is 29.1. The van der Waals surface area contributed by atoms with E-state index in [-0.39, 0.29) is 25.7 Å². The van der Waals surface area contributed by atoms with Gasteiger partial charge in [0, 0.05) is 25.7 Å². The highest BCUT2D eigenvalue weighted by molar-refractivity contribution is 7.47. The number of aliphatic hydroxyl groups excluding tert-OH is 1. The lowest BCUT2D eigenvalue weighted by Crippen LogP contribution is -2.30. The van der Waals surface area contributed by atoms with E-state index in [1.807, 2.05) is 0 Å². The van der Waals surface area contributed by atoms with Crippen LogP contribution in [0.2, 0.25) is 0 Å². The lowest BCUT2D eigenvalue weighted by molar-refractivity contribution is -0.161. The summed E-state index contributed by atoms with van der Waals surface area (Å²) in [7, 11) is -9.91. The van der Waals surface area contributed by atoms with Gasteiger partial charge in [-0.2, -0.15) is 0 Å². The van der Waals surface area contributed by atoms with E-state index in [2.05, 4.69) is 34.6 Å². The Kier molecular flexibility index (Phi) is 71.6. The third-order valence-electron chi connectivity index (χ3n) is 19.1. The Labute approximate surface area is 607 Å². The van der Waals surface area contributed by atoms with Crippen LogP contribution in [0.15, 0.2) is 0 Å². The molecule has 0 aliphatic heterocycles. The van der Waals surface area contributed by atoms with Crippen LogP contribution in [0.5, 0.6) is 0 Å². The van der Waals surface area contributed by atoms with Gasteiger partial charge in [-0.05, 0) is 31.6 Å². The first-order chi connectivity index (χ1) is 48.1. The van der Waals surface area contributed by atoms with Crippen molar-refractivity contribution in [1.29, 1.82) is 0 Å². The zero-order valence-electron chi connectivity index (χ0n) is 64.6. The molecule has 0 aromatic heterocycles. The Balaban J connectivity index is 5.17. The largest absolute Gasteiger partial charge is 0.472 e. The Morgan fingerprint density at radius 2 is 0.485 bits per heavy atom. The SMILES string of the molecule is CCCCCCCCCCCCCCCCCCCCCCCC(=O)O[C@H](COC(=O)CCCCCCCCCCCCCCCCCCCCC)COP(=O)(O)OC[C@@H](O)COP(=O)(O)OC[C@@H](COC(=O)CCCCCCCCCCC)OC(=O)CCCCCCCCC(C)CC. The Bertz CT molecular complexity index is 1890. The van der Waals surface area contributed by atoms with E-state index in [9.17, 15) is 43.2 Å². The maximum atomic E-state index is 13.1. The highest BCUT2D eigenvalue weighted by atomic mass is 31.2. The molecule has 0 saturated heterocycles. The van der Waals surface area contributed by atoms with Crippen LogP contribution in [0, 0.1) is 5.92 Å². The zero-order valence-corrected chi connectivity index (χ0v) is 66.4. The minimum Gasteiger partial charge on any atom is -0.462 e. The molecule has 19 heteroatoms. The molecule has 0 aromatic rings. The molecule has 0 heterocycles. The van der Waals surface area contributed by atoms with Gasteiger partial charge in [-0.1, -0.05) is 375 Å². The summed E-state index contributed by atoms with van der Waals surface area (Å²) in [5, 5.41) is 10.6. The third-order valence-corrected chi connectivity index (χ3v) is 21.0. The van der Waals surface area contributed by atoms with E-state index in [0.29, 0.717) is 25.7 Å².